The first kappa shape index (κ1) is 15.7. The molecule has 0 amide bonds. The molecule has 1 aliphatic rings. The zero-order valence-corrected chi connectivity index (χ0v) is 13.2. The van der Waals surface area contributed by atoms with Crippen LogP contribution in [0.25, 0.3) is 11.0 Å². The third kappa shape index (κ3) is 3.59. The Morgan fingerprint density at radius 3 is 2.83 bits per heavy atom. The van der Waals surface area contributed by atoms with Crippen molar-refractivity contribution in [2.45, 2.75) is 19.3 Å². The number of piperidine rings is 1. The van der Waals surface area contributed by atoms with Crippen LogP contribution in [0.3, 0.4) is 0 Å². The summed E-state index contributed by atoms with van der Waals surface area (Å²) in [4.78, 5) is 22.2. The van der Waals surface area contributed by atoms with Gasteiger partial charge in [0, 0.05) is 18.8 Å². The minimum Gasteiger partial charge on any atom is -0.481 e. The summed E-state index contributed by atoms with van der Waals surface area (Å²) in [5.41, 5.74) is 2.90. The molecule has 3 heterocycles. The molecular weight excluding hydrogens is 294 g/mol. The number of aromatic nitrogens is 2. The first-order chi connectivity index (χ1) is 11.2. The summed E-state index contributed by atoms with van der Waals surface area (Å²) in [5.74, 6) is -0.256. The van der Waals surface area contributed by atoms with Crippen molar-refractivity contribution in [2.24, 2.45) is 5.92 Å². The maximum Gasteiger partial charge on any atom is 0.306 e. The van der Waals surface area contributed by atoms with Crippen molar-refractivity contribution in [3.63, 3.8) is 0 Å². The molecule has 3 rings (SSSR count). The molecule has 0 bridgehead atoms. The molecule has 6 heteroatoms. The molecule has 0 saturated carbocycles. The molecule has 0 spiro atoms. The zero-order chi connectivity index (χ0) is 16.2. The summed E-state index contributed by atoms with van der Waals surface area (Å²) in [6.45, 7) is 2.60. The van der Waals surface area contributed by atoms with E-state index in [4.69, 9.17) is 9.84 Å². The second kappa shape index (κ2) is 6.91. The first-order valence-corrected chi connectivity index (χ1v) is 7.91. The molecule has 0 aliphatic carbocycles. The van der Waals surface area contributed by atoms with Crippen molar-refractivity contribution in [3.8, 4) is 5.88 Å². The van der Waals surface area contributed by atoms with Crippen molar-refractivity contribution in [1.82, 2.24) is 14.9 Å². The lowest BCUT2D eigenvalue weighted by molar-refractivity contribution is -0.143. The number of methoxy groups -OCH3 is 1. The van der Waals surface area contributed by atoms with E-state index in [2.05, 4.69) is 14.9 Å². The molecule has 2 aromatic rings. The lowest BCUT2D eigenvalue weighted by Crippen LogP contribution is -2.37. The average molecular weight is 315 g/mol. The highest BCUT2D eigenvalue weighted by Crippen LogP contribution is 2.21. The number of nitrogens with zero attached hydrogens (tertiary/aromatic N) is 3. The summed E-state index contributed by atoms with van der Waals surface area (Å²) >= 11 is 0. The highest BCUT2D eigenvalue weighted by molar-refractivity contribution is 5.78. The van der Waals surface area contributed by atoms with E-state index in [1.165, 1.54) is 0 Å². The standard InChI is InChI=1S/C17H21N3O3/c1-23-15-3-2-14-16(19-15)12(4-8-18-14)5-9-20-10-6-13(7-11-20)17(21)22/h2-4,8,13H,5-7,9-11H2,1H3,(H,21,22). The van der Waals surface area contributed by atoms with Gasteiger partial charge in [-0.3, -0.25) is 9.78 Å². The first-order valence-electron chi connectivity index (χ1n) is 7.91. The van der Waals surface area contributed by atoms with E-state index < -0.39 is 5.97 Å². The van der Waals surface area contributed by atoms with Crippen LogP contribution < -0.4 is 4.74 Å². The zero-order valence-electron chi connectivity index (χ0n) is 13.2. The number of carboxylic acid groups (broad SMARTS) is 1. The highest BCUT2D eigenvalue weighted by Gasteiger charge is 2.24. The third-order valence-electron chi connectivity index (χ3n) is 4.49. The number of fused-ring (bicyclic) bond motifs is 1. The van der Waals surface area contributed by atoms with Crippen LogP contribution in [-0.2, 0) is 11.2 Å². The van der Waals surface area contributed by atoms with E-state index in [0.717, 1.165) is 55.5 Å². The van der Waals surface area contributed by atoms with Crippen molar-refractivity contribution < 1.29 is 14.6 Å². The van der Waals surface area contributed by atoms with Gasteiger partial charge in [-0.05, 0) is 50.0 Å². The van der Waals surface area contributed by atoms with Crippen LogP contribution in [0.15, 0.2) is 24.4 Å². The summed E-state index contributed by atoms with van der Waals surface area (Å²) in [6.07, 6.45) is 4.15. The predicted molar refractivity (Wildman–Crippen MR) is 86.6 cm³/mol. The maximum atomic E-state index is 11.0. The largest absolute Gasteiger partial charge is 0.481 e. The number of carboxylic acids is 1. The van der Waals surface area contributed by atoms with Crippen molar-refractivity contribution in [3.05, 3.63) is 30.0 Å². The fourth-order valence-corrected chi connectivity index (χ4v) is 3.06. The number of hydrogen-bond donors (Lipinski definition) is 1. The van der Waals surface area contributed by atoms with Gasteiger partial charge in [0.2, 0.25) is 5.88 Å². The average Bonchev–Trinajstić information content (AvgIpc) is 2.59. The normalized spacial score (nSPS) is 16.6. The lowest BCUT2D eigenvalue weighted by atomic mass is 9.97. The van der Waals surface area contributed by atoms with Crippen LogP contribution in [0.4, 0.5) is 0 Å². The van der Waals surface area contributed by atoms with E-state index >= 15 is 0 Å². The maximum absolute atomic E-state index is 11.0. The quantitative estimate of drug-likeness (QED) is 0.909. The van der Waals surface area contributed by atoms with Gasteiger partial charge in [-0.2, -0.15) is 0 Å². The van der Waals surface area contributed by atoms with Crippen LogP contribution in [0, 0.1) is 5.92 Å². The number of carbonyl (C=O) groups is 1. The van der Waals surface area contributed by atoms with Crippen molar-refractivity contribution >= 4 is 17.0 Å². The monoisotopic (exact) mass is 315 g/mol. The Bertz CT molecular complexity index is 697. The Hall–Kier alpha value is -2.21. The number of rotatable bonds is 5. The molecule has 0 aromatic carbocycles. The van der Waals surface area contributed by atoms with Gasteiger partial charge in [-0.1, -0.05) is 0 Å². The SMILES string of the molecule is COc1ccc2nccc(CCN3CCC(C(=O)O)CC3)c2n1. The van der Waals surface area contributed by atoms with Gasteiger partial charge in [0.05, 0.1) is 24.1 Å². The Balaban J connectivity index is 1.67. The van der Waals surface area contributed by atoms with Gasteiger partial charge in [-0.15, -0.1) is 0 Å². The molecule has 6 nitrogen and oxygen atoms in total. The minimum atomic E-state index is -0.666. The Morgan fingerprint density at radius 1 is 1.35 bits per heavy atom. The number of hydrogen-bond acceptors (Lipinski definition) is 5. The number of pyridine rings is 2. The molecule has 122 valence electrons. The predicted octanol–water partition coefficient (Wildman–Crippen LogP) is 1.98. The Labute approximate surface area is 135 Å². The second-order valence-corrected chi connectivity index (χ2v) is 5.90. The summed E-state index contributed by atoms with van der Waals surface area (Å²) < 4.78 is 5.20. The van der Waals surface area contributed by atoms with E-state index in [-0.39, 0.29) is 5.92 Å². The van der Waals surface area contributed by atoms with Crippen LogP contribution >= 0.6 is 0 Å². The van der Waals surface area contributed by atoms with E-state index in [1.807, 2.05) is 24.4 Å². The molecule has 0 atom stereocenters. The van der Waals surface area contributed by atoms with Gasteiger partial charge in [0.25, 0.3) is 0 Å². The van der Waals surface area contributed by atoms with Crippen LogP contribution in [0.2, 0.25) is 0 Å². The van der Waals surface area contributed by atoms with Gasteiger partial charge in [0.15, 0.2) is 0 Å². The molecule has 1 fully saturated rings. The summed E-state index contributed by atoms with van der Waals surface area (Å²) in [6, 6.07) is 5.73. The van der Waals surface area contributed by atoms with Crippen molar-refractivity contribution in [1.29, 1.82) is 0 Å². The minimum absolute atomic E-state index is 0.182. The number of likely N-dealkylation sites (tertiary alicyclic amines) is 1. The molecular formula is C17H21N3O3. The Morgan fingerprint density at radius 2 is 2.13 bits per heavy atom. The molecule has 1 saturated heterocycles. The molecule has 23 heavy (non-hydrogen) atoms. The van der Waals surface area contributed by atoms with E-state index in [9.17, 15) is 4.79 Å². The molecule has 2 aromatic heterocycles. The molecule has 0 unspecified atom stereocenters. The smallest absolute Gasteiger partial charge is 0.306 e. The van der Waals surface area contributed by atoms with Gasteiger partial charge < -0.3 is 14.7 Å². The fraction of sp³-hybridized carbons (Fsp3) is 0.471. The van der Waals surface area contributed by atoms with E-state index in [1.54, 1.807) is 7.11 Å². The highest BCUT2D eigenvalue weighted by atomic mass is 16.5. The van der Waals surface area contributed by atoms with Crippen LogP contribution in [-0.4, -0.2) is 52.7 Å². The second-order valence-electron chi connectivity index (χ2n) is 5.90. The summed E-state index contributed by atoms with van der Waals surface area (Å²) in [5, 5.41) is 9.05. The third-order valence-corrected chi connectivity index (χ3v) is 4.49. The number of aliphatic carboxylic acids is 1. The van der Waals surface area contributed by atoms with Crippen LogP contribution in [0.5, 0.6) is 5.88 Å². The molecule has 1 aliphatic heterocycles. The fourth-order valence-electron chi connectivity index (χ4n) is 3.06. The Kier molecular flexibility index (Phi) is 4.71. The molecule has 0 radical (unpaired) electrons. The van der Waals surface area contributed by atoms with E-state index in [0.29, 0.717) is 5.88 Å². The van der Waals surface area contributed by atoms with Crippen LogP contribution in [0.1, 0.15) is 18.4 Å². The van der Waals surface area contributed by atoms with Gasteiger partial charge in [0.1, 0.15) is 0 Å². The van der Waals surface area contributed by atoms with Crippen molar-refractivity contribution in [2.75, 3.05) is 26.7 Å². The number of ether oxygens (including phenoxy) is 1. The van der Waals surface area contributed by atoms with Gasteiger partial charge in [-0.25, -0.2) is 4.98 Å². The molecule has 1 N–H and O–H groups in total. The lowest BCUT2D eigenvalue weighted by Gasteiger charge is -2.29. The summed E-state index contributed by atoms with van der Waals surface area (Å²) in [7, 11) is 1.61. The topological polar surface area (TPSA) is 75.5 Å². The van der Waals surface area contributed by atoms with Gasteiger partial charge >= 0.3 is 5.97 Å².